The van der Waals surface area contributed by atoms with Crippen molar-refractivity contribution in [1.29, 1.82) is 0 Å². The van der Waals surface area contributed by atoms with E-state index in [9.17, 15) is 14.9 Å². The monoisotopic (exact) mass is 245 g/mol. The molecule has 1 heterocycles. The van der Waals surface area contributed by atoms with Gasteiger partial charge in [-0.1, -0.05) is 6.07 Å². The Morgan fingerprint density at radius 1 is 1.33 bits per heavy atom. The molecule has 92 valence electrons. The number of H-pyrrole nitrogens is 1. The Labute approximate surface area is 102 Å². The first kappa shape index (κ1) is 10.8. The summed E-state index contributed by atoms with van der Waals surface area (Å²) >= 11 is 0. The van der Waals surface area contributed by atoms with Gasteiger partial charge in [-0.25, -0.2) is 0 Å². The molecule has 0 bridgehead atoms. The molecular weight excluding hydrogens is 234 g/mol. The molecule has 0 saturated heterocycles. The van der Waals surface area contributed by atoms with Crippen LogP contribution in [0.1, 0.15) is 24.5 Å². The number of nitro groups is 1. The largest absolute Gasteiger partial charge is 0.271 e. The number of nitrogens with zero attached hydrogens (tertiary/aromatic N) is 2. The maximum atomic E-state index is 11.4. The number of aromatic nitrogens is 2. The molecule has 1 aliphatic rings. The zero-order valence-electron chi connectivity index (χ0n) is 9.50. The van der Waals surface area contributed by atoms with Crippen LogP contribution in [0.3, 0.4) is 0 Å². The summed E-state index contributed by atoms with van der Waals surface area (Å²) in [6.45, 7) is 0. The zero-order chi connectivity index (χ0) is 12.7. The molecule has 3 rings (SSSR count). The Kier molecular flexibility index (Phi) is 2.29. The van der Waals surface area contributed by atoms with E-state index < -0.39 is 4.92 Å². The summed E-state index contributed by atoms with van der Waals surface area (Å²) in [6, 6.07) is 7.82. The highest BCUT2D eigenvalue weighted by molar-refractivity contribution is 5.44. The molecule has 1 aliphatic carbocycles. The van der Waals surface area contributed by atoms with E-state index in [1.165, 1.54) is 12.1 Å². The second-order valence-corrected chi connectivity index (χ2v) is 4.43. The highest BCUT2D eigenvalue weighted by Crippen LogP contribution is 2.40. The van der Waals surface area contributed by atoms with E-state index in [1.807, 2.05) is 0 Å². The first-order chi connectivity index (χ1) is 8.65. The summed E-state index contributed by atoms with van der Waals surface area (Å²) < 4.78 is 1.65. The van der Waals surface area contributed by atoms with Gasteiger partial charge >= 0.3 is 0 Å². The quantitative estimate of drug-likeness (QED) is 0.662. The number of benzene rings is 1. The first-order valence-corrected chi connectivity index (χ1v) is 5.72. The molecule has 1 N–H and O–H groups in total. The predicted molar refractivity (Wildman–Crippen MR) is 65.0 cm³/mol. The summed E-state index contributed by atoms with van der Waals surface area (Å²) in [4.78, 5) is 21.7. The molecule has 1 saturated carbocycles. The van der Waals surface area contributed by atoms with Gasteiger partial charge in [0, 0.05) is 29.8 Å². The number of hydrogen-bond acceptors (Lipinski definition) is 3. The van der Waals surface area contributed by atoms with Crippen LogP contribution in [0.2, 0.25) is 0 Å². The molecule has 0 spiro atoms. The Morgan fingerprint density at radius 2 is 2.11 bits per heavy atom. The molecule has 1 aromatic carbocycles. The molecule has 1 fully saturated rings. The molecule has 0 aliphatic heterocycles. The lowest BCUT2D eigenvalue weighted by molar-refractivity contribution is -0.384. The minimum absolute atomic E-state index is 0.0174. The molecule has 1 aromatic heterocycles. The van der Waals surface area contributed by atoms with E-state index >= 15 is 0 Å². The van der Waals surface area contributed by atoms with Gasteiger partial charge in [0.1, 0.15) is 0 Å². The van der Waals surface area contributed by atoms with Gasteiger partial charge < -0.3 is 0 Å². The van der Waals surface area contributed by atoms with E-state index in [4.69, 9.17) is 0 Å². The van der Waals surface area contributed by atoms with E-state index in [0.717, 1.165) is 18.5 Å². The van der Waals surface area contributed by atoms with Crippen LogP contribution in [0.5, 0.6) is 0 Å². The Bertz CT molecular complexity index is 667. The number of non-ortho nitro benzene ring substituents is 1. The van der Waals surface area contributed by atoms with Gasteiger partial charge in [0.25, 0.3) is 11.2 Å². The minimum atomic E-state index is -0.443. The molecule has 0 amide bonds. The van der Waals surface area contributed by atoms with Crippen LogP contribution in [-0.4, -0.2) is 14.7 Å². The summed E-state index contributed by atoms with van der Waals surface area (Å²) in [5.41, 5.74) is 1.36. The SMILES string of the molecule is O=c1cc(C2CC2)n(-c2cccc([N+](=O)[O-])c2)[nH]1. The fourth-order valence-electron chi connectivity index (χ4n) is 2.04. The molecular formula is C12H11N3O3. The maximum Gasteiger partial charge on any atom is 0.271 e. The summed E-state index contributed by atoms with van der Waals surface area (Å²) in [5.74, 6) is 0.392. The van der Waals surface area contributed by atoms with Crippen LogP contribution in [-0.2, 0) is 0 Å². The summed E-state index contributed by atoms with van der Waals surface area (Å²) in [6.07, 6.45) is 2.12. The standard InChI is InChI=1S/C12H11N3O3/c16-12-7-11(8-4-5-8)14(13-12)9-2-1-3-10(6-9)15(17)18/h1-3,6-8H,4-5H2,(H,13,16). The summed E-state index contributed by atoms with van der Waals surface area (Å²) in [5, 5.41) is 13.4. The predicted octanol–water partition coefficient (Wildman–Crippen LogP) is 1.95. The van der Waals surface area contributed by atoms with Gasteiger partial charge in [-0.3, -0.25) is 24.7 Å². The van der Waals surface area contributed by atoms with Crippen molar-refractivity contribution in [3.63, 3.8) is 0 Å². The zero-order valence-corrected chi connectivity index (χ0v) is 9.50. The Morgan fingerprint density at radius 3 is 2.78 bits per heavy atom. The molecule has 6 nitrogen and oxygen atoms in total. The van der Waals surface area contributed by atoms with Crippen LogP contribution < -0.4 is 5.56 Å². The first-order valence-electron chi connectivity index (χ1n) is 5.72. The maximum absolute atomic E-state index is 11.4. The lowest BCUT2D eigenvalue weighted by Crippen LogP contribution is -2.05. The van der Waals surface area contributed by atoms with E-state index in [-0.39, 0.29) is 11.2 Å². The third-order valence-electron chi connectivity index (χ3n) is 3.05. The van der Waals surface area contributed by atoms with Gasteiger partial charge in [0.05, 0.1) is 10.6 Å². The van der Waals surface area contributed by atoms with Crippen molar-refractivity contribution >= 4 is 5.69 Å². The second kappa shape index (κ2) is 3.83. The Hall–Kier alpha value is -2.37. The smallest absolute Gasteiger partial charge is 0.268 e. The van der Waals surface area contributed by atoms with Crippen molar-refractivity contribution in [2.75, 3.05) is 0 Å². The normalized spacial score (nSPS) is 14.7. The molecule has 2 aromatic rings. The lowest BCUT2D eigenvalue weighted by Gasteiger charge is -2.06. The van der Waals surface area contributed by atoms with Gasteiger partial charge in [0.2, 0.25) is 0 Å². The topological polar surface area (TPSA) is 80.9 Å². The van der Waals surface area contributed by atoms with Crippen molar-refractivity contribution < 1.29 is 4.92 Å². The molecule has 0 atom stereocenters. The van der Waals surface area contributed by atoms with Gasteiger partial charge in [-0.2, -0.15) is 0 Å². The molecule has 18 heavy (non-hydrogen) atoms. The number of hydrogen-bond donors (Lipinski definition) is 1. The van der Waals surface area contributed by atoms with Crippen LogP contribution in [0, 0.1) is 10.1 Å². The van der Waals surface area contributed by atoms with Gasteiger partial charge in [-0.15, -0.1) is 0 Å². The fourth-order valence-corrected chi connectivity index (χ4v) is 2.04. The van der Waals surface area contributed by atoms with Crippen LogP contribution in [0.4, 0.5) is 5.69 Å². The number of nitro benzene ring substituents is 1. The third kappa shape index (κ3) is 1.81. The Balaban J connectivity index is 2.11. The molecule has 6 heteroatoms. The van der Waals surface area contributed by atoms with Gasteiger partial charge in [0.15, 0.2) is 0 Å². The van der Waals surface area contributed by atoms with E-state index in [0.29, 0.717) is 11.6 Å². The van der Waals surface area contributed by atoms with Crippen molar-refractivity contribution in [1.82, 2.24) is 9.78 Å². The second-order valence-electron chi connectivity index (χ2n) is 4.43. The van der Waals surface area contributed by atoms with Crippen molar-refractivity contribution in [2.45, 2.75) is 18.8 Å². The van der Waals surface area contributed by atoms with Crippen LogP contribution in [0.25, 0.3) is 5.69 Å². The average Bonchev–Trinajstić information content (AvgIpc) is 3.12. The molecule has 0 radical (unpaired) electrons. The number of rotatable bonds is 3. The van der Waals surface area contributed by atoms with Crippen molar-refractivity contribution in [2.24, 2.45) is 0 Å². The highest BCUT2D eigenvalue weighted by Gasteiger charge is 2.28. The van der Waals surface area contributed by atoms with Crippen molar-refractivity contribution in [3.05, 3.63) is 56.5 Å². The lowest BCUT2D eigenvalue weighted by atomic mass is 10.2. The van der Waals surface area contributed by atoms with E-state index in [1.54, 1.807) is 22.9 Å². The highest BCUT2D eigenvalue weighted by atomic mass is 16.6. The molecule has 0 unspecified atom stereocenters. The number of aromatic amines is 1. The van der Waals surface area contributed by atoms with E-state index in [2.05, 4.69) is 5.10 Å². The number of nitrogens with one attached hydrogen (secondary N) is 1. The summed E-state index contributed by atoms with van der Waals surface area (Å²) in [7, 11) is 0. The minimum Gasteiger partial charge on any atom is -0.268 e. The van der Waals surface area contributed by atoms with Gasteiger partial charge in [-0.05, 0) is 18.9 Å². The average molecular weight is 245 g/mol. The van der Waals surface area contributed by atoms with Crippen LogP contribution in [0.15, 0.2) is 35.1 Å². The fraction of sp³-hybridized carbons (Fsp3) is 0.250. The third-order valence-corrected chi connectivity index (χ3v) is 3.05. The van der Waals surface area contributed by atoms with Crippen molar-refractivity contribution in [3.8, 4) is 5.69 Å². The van der Waals surface area contributed by atoms with Crippen LogP contribution >= 0.6 is 0 Å².